The van der Waals surface area contributed by atoms with Crippen LogP contribution in [0.5, 0.6) is 0 Å². The standard InChI is InChI=1S/C13H19N5O2S/c1-18-10-15-13(17-18)7-9-16-21(19,20)12-4-2-11(3-5-12)6-8-14/h2-5,10,16H,6-9,14H2,1H3. The average molecular weight is 309 g/mol. The third kappa shape index (κ3) is 4.35. The van der Waals surface area contributed by atoms with Gasteiger partial charge in [0.05, 0.1) is 4.90 Å². The van der Waals surface area contributed by atoms with Crippen LogP contribution in [0.2, 0.25) is 0 Å². The minimum absolute atomic E-state index is 0.247. The van der Waals surface area contributed by atoms with Gasteiger partial charge in [-0.2, -0.15) is 5.10 Å². The van der Waals surface area contributed by atoms with Crippen molar-refractivity contribution in [3.05, 3.63) is 42.0 Å². The van der Waals surface area contributed by atoms with Gasteiger partial charge in [-0.15, -0.1) is 0 Å². The molecule has 0 saturated carbocycles. The molecule has 3 N–H and O–H groups in total. The number of hydrogen-bond donors (Lipinski definition) is 2. The minimum atomic E-state index is -3.50. The molecule has 21 heavy (non-hydrogen) atoms. The quantitative estimate of drug-likeness (QED) is 0.739. The molecule has 0 aliphatic carbocycles. The molecule has 0 spiro atoms. The fourth-order valence-corrected chi connectivity index (χ4v) is 2.91. The van der Waals surface area contributed by atoms with Crippen LogP contribution < -0.4 is 10.5 Å². The van der Waals surface area contributed by atoms with E-state index in [-0.39, 0.29) is 11.4 Å². The zero-order chi connectivity index (χ0) is 15.3. The summed E-state index contributed by atoms with van der Waals surface area (Å²) in [5, 5.41) is 4.09. The van der Waals surface area contributed by atoms with E-state index in [1.807, 2.05) is 0 Å². The second-order valence-corrected chi connectivity index (χ2v) is 6.43. The van der Waals surface area contributed by atoms with Crippen LogP contribution >= 0.6 is 0 Å². The van der Waals surface area contributed by atoms with E-state index in [1.165, 1.54) is 0 Å². The van der Waals surface area contributed by atoms with Crippen LogP contribution in [-0.2, 0) is 29.9 Å². The lowest BCUT2D eigenvalue weighted by Gasteiger charge is -2.06. The van der Waals surface area contributed by atoms with Crippen LogP contribution in [0.3, 0.4) is 0 Å². The maximum Gasteiger partial charge on any atom is 0.240 e. The van der Waals surface area contributed by atoms with Crippen molar-refractivity contribution in [1.29, 1.82) is 0 Å². The van der Waals surface area contributed by atoms with Crippen molar-refractivity contribution in [3.8, 4) is 0 Å². The fourth-order valence-electron chi connectivity index (χ4n) is 1.88. The first-order valence-electron chi connectivity index (χ1n) is 6.64. The van der Waals surface area contributed by atoms with Gasteiger partial charge >= 0.3 is 0 Å². The van der Waals surface area contributed by atoms with Crippen LogP contribution in [0.4, 0.5) is 0 Å². The Bertz CT molecular complexity index is 679. The first kappa shape index (κ1) is 15.6. The predicted molar refractivity (Wildman–Crippen MR) is 79.1 cm³/mol. The number of benzene rings is 1. The molecule has 0 aliphatic heterocycles. The normalized spacial score (nSPS) is 11.7. The molecule has 0 aliphatic rings. The molecule has 2 aromatic rings. The molecule has 1 heterocycles. The Morgan fingerprint density at radius 2 is 1.95 bits per heavy atom. The smallest absolute Gasteiger partial charge is 0.240 e. The van der Waals surface area contributed by atoms with Gasteiger partial charge in [0.15, 0.2) is 5.82 Å². The number of nitrogens with zero attached hydrogens (tertiary/aromatic N) is 3. The van der Waals surface area contributed by atoms with E-state index in [0.717, 1.165) is 12.0 Å². The third-order valence-electron chi connectivity index (χ3n) is 2.95. The molecule has 0 unspecified atom stereocenters. The highest BCUT2D eigenvalue weighted by Gasteiger charge is 2.13. The van der Waals surface area contributed by atoms with Crippen molar-refractivity contribution < 1.29 is 8.42 Å². The van der Waals surface area contributed by atoms with Gasteiger partial charge in [0.2, 0.25) is 10.0 Å². The molecule has 1 aromatic carbocycles. The molecule has 7 nitrogen and oxygen atoms in total. The van der Waals surface area contributed by atoms with E-state index in [1.54, 1.807) is 42.3 Å². The van der Waals surface area contributed by atoms with Crippen LogP contribution in [0.15, 0.2) is 35.5 Å². The highest BCUT2D eigenvalue weighted by atomic mass is 32.2. The maximum absolute atomic E-state index is 12.1. The zero-order valence-electron chi connectivity index (χ0n) is 11.9. The van der Waals surface area contributed by atoms with Gasteiger partial charge in [0.1, 0.15) is 6.33 Å². The Balaban J connectivity index is 1.94. The van der Waals surface area contributed by atoms with Gasteiger partial charge in [-0.3, -0.25) is 4.68 Å². The van der Waals surface area contributed by atoms with Crippen LogP contribution in [0.25, 0.3) is 0 Å². The van der Waals surface area contributed by atoms with Gasteiger partial charge < -0.3 is 5.73 Å². The second kappa shape index (κ2) is 6.79. The maximum atomic E-state index is 12.1. The number of hydrogen-bond acceptors (Lipinski definition) is 5. The first-order valence-corrected chi connectivity index (χ1v) is 8.13. The number of rotatable bonds is 7. The molecule has 0 bridgehead atoms. The second-order valence-electron chi connectivity index (χ2n) is 4.66. The average Bonchev–Trinajstić information content (AvgIpc) is 2.85. The number of aromatic nitrogens is 3. The van der Waals surface area contributed by atoms with E-state index < -0.39 is 10.0 Å². The van der Waals surface area contributed by atoms with Gasteiger partial charge in [0, 0.05) is 20.0 Å². The molecule has 0 radical (unpaired) electrons. The van der Waals surface area contributed by atoms with E-state index >= 15 is 0 Å². The number of sulfonamides is 1. The molecular formula is C13H19N5O2S. The van der Waals surface area contributed by atoms with E-state index in [4.69, 9.17) is 5.73 Å². The van der Waals surface area contributed by atoms with Gasteiger partial charge in [-0.25, -0.2) is 18.1 Å². The summed E-state index contributed by atoms with van der Waals surface area (Å²) in [6.45, 7) is 0.804. The van der Waals surface area contributed by atoms with Crippen LogP contribution in [0.1, 0.15) is 11.4 Å². The van der Waals surface area contributed by atoms with Crippen molar-refractivity contribution in [1.82, 2.24) is 19.5 Å². The topological polar surface area (TPSA) is 103 Å². The Labute approximate surface area is 124 Å². The molecule has 2 rings (SSSR count). The third-order valence-corrected chi connectivity index (χ3v) is 4.43. The van der Waals surface area contributed by atoms with E-state index in [9.17, 15) is 8.42 Å². The summed E-state index contributed by atoms with van der Waals surface area (Å²) in [5.41, 5.74) is 6.49. The lowest BCUT2D eigenvalue weighted by Crippen LogP contribution is -2.26. The molecule has 0 saturated heterocycles. The molecule has 0 amide bonds. The lowest BCUT2D eigenvalue weighted by molar-refractivity contribution is 0.580. The summed E-state index contributed by atoms with van der Waals surface area (Å²) >= 11 is 0. The zero-order valence-corrected chi connectivity index (χ0v) is 12.7. The number of nitrogens with two attached hydrogens (primary N) is 1. The fraction of sp³-hybridized carbons (Fsp3) is 0.385. The largest absolute Gasteiger partial charge is 0.330 e. The summed E-state index contributed by atoms with van der Waals surface area (Å²) in [6, 6.07) is 6.74. The van der Waals surface area contributed by atoms with Gasteiger partial charge in [-0.05, 0) is 30.7 Å². The summed E-state index contributed by atoms with van der Waals surface area (Å²) in [6.07, 6.45) is 2.77. The molecule has 8 heteroatoms. The van der Waals surface area contributed by atoms with Gasteiger partial charge in [-0.1, -0.05) is 12.1 Å². The molecule has 0 fully saturated rings. The Morgan fingerprint density at radius 1 is 1.24 bits per heavy atom. The highest BCUT2D eigenvalue weighted by molar-refractivity contribution is 7.89. The first-order chi connectivity index (χ1) is 10.0. The summed E-state index contributed by atoms with van der Waals surface area (Å²) in [5.74, 6) is 0.610. The molecule has 0 atom stereocenters. The highest BCUT2D eigenvalue weighted by Crippen LogP contribution is 2.10. The van der Waals surface area contributed by atoms with Crippen molar-refractivity contribution in [2.75, 3.05) is 13.1 Å². The van der Waals surface area contributed by atoms with Crippen LogP contribution in [-0.4, -0.2) is 36.3 Å². The summed E-state index contributed by atoms with van der Waals surface area (Å²) in [7, 11) is -1.73. The van der Waals surface area contributed by atoms with E-state index in [0.29, 0.717) is 18.8 Å². The summed E-state index contributed by atoms with van der Waals surface area (Å²) < 4.78 is 28.4. The minimum Gasteiger partial charge on any atom is -0.330 e. The van der Waals surface area contributed by atoms with Crippen molar-refractivity contribution in [2.24, 2.45) is 12.8 Å². The molecular weight excluding hydrogens is 290 g/mol. The van der Waals surface area contributed by atoms with Crippen molar-refractivity contribution >= 4 is 10.0 Å². The monoisotopic (exact) mass is 309 g/mol. The SMILES string of the molecule is Cn1cnc(CCNS(=O)(=O)c2ccc(CCN)cc2)n1. The van der Waals surface area contributed by atoms with Gasteiger partial charge in [0.25, 0.3) is 0 Å². The summed E-state index contributed by atoms with van der Waals surface area (Å²) in [4.78, 5) is 4.29. The van der Waals surface area contributed by atoms with Crippen molar-refractivity contribution in [2.45, 2.75) is 17.7 Å². The van der Waals surface area contributed by atoms with Crippen LogP contribution in [0, 0.1) is 0 Å². The molecule has 1 aromatic heterocycles. The Morgan fingerprint density at radius 3 is 2.52 bits per heavy atom. The Hall–Kier alpha value is -1.77. The number of nitrogens with one attached hydrogen (secondary N) is 1. The Kier molecular flexibility index (Phi) is 5.05. The van der Waals surface area contributed by atoms with E-state index in [2.05, 4.69) is 14.8 Å². The van der Waals surface area contributed by atoms with Crippen molar-refractivity contribution in [3.63, 3.8) is 0 Å². The number of aryl methyl sites for hydroxylation is 1. The molecule has 114 valence electrons. The predicted octanol–water partition coefficient (Wildman–Crippen LogP) is -0.163. The lowest BCUT2D eigenvalue weighted by atomic mass is 10.2.